The Balaban J connectivity index is 1.90. The Hall–Kier alpha value is -0.570. The van der Waals surface area contributed by atoms with Gasteiger partial charge >= 0.3 is 0 Å². The molecule has 0 radical (unpaired) electrons. The first-order chi connectivity index (χ1) is 9.81. The SMILES string of the molecule is CCCCN(CC1CCCN1)C(=O)C1CCCCCC1. The first kappa shape index (κ1) is 15.8. The van der Waals surface area contributed by atoms with Gasteiger partial charge in [0.25, 0.3) is 0 Å². The van der Waals surface area contributed by atoms with Crippen LogP contribution in [0, 0.1) is 5.92 Å². The number of carbonyl (C=O) groups is 1. The van der Waals surface area contributed by atoms with Crippen LogP contribution in [0.5, 0.6) is 0 Å². The average Bonchev–Trinajstić information content (AvgIpc) is 2.82. The van der Waals surface area contributed by atoms with Crippen LogP contribution in [0.3, 0.4) is 0 Å². The molecule has 3 nitrogen and oxygen atoms in total. The van der Waals surface area contributed by atoms with Gasteiger partial charge in [0.15, 0.2) is 0 Å². The highest BCUT2D eigenvalue weighted by atomic mass is 16.2. The van der Waals surface area contributed by atoms with Gasteiger partial charge < -0.3 is 10.2 Å². The summed E-state index contributed by atoms with van der Waals surface area (Å²) in [5.41, 5.74) is 0. The summed E-state index contributed by atoms with van der Waals surface area (Å²) < 4.78 is 0. The van der Waals surface area contributed by atoms with Gasteiger partial charge in [-0.15, -0.1) is 0 Å². The van der Waals surface area contributed by atoms with Crippen molar-refractivity contribution >= 4 is 5.91 Å². The maximum absolute atomic E-state index is 12.8. The molecule has 1 aliphatic carbocycles. The van der Waals surface area contributed by atoms with Crippen LogP contribution in [0.4, 0.5) is 0 Å². The van der Waals surface area contributed by atoms with Crippen LogP contribution in [0.2, 0.25) is 0 Å². The second-order valence-electron chi connectivity index (χ2n) is 6.62. The highest BCUT2D eigenvalue weighted by Crippen LogP contribution is 2.25. The number of hydrogen-bond acceptors (Lipinski definition) is 2. The zero-order valence-electron chi connectivity index (χ0n) is 13.2. The van der Waals surface area contributed by atoms with Crippen molar-refractivity contribution in [2.75, 3.05) is 19.6 Å². The molecule has 1 unspecified atom stereocenters. The van der Waals surface area contributed by atoms with Crippen LogP contribution in [-0.4, -0.2) is 36.5 Å². The molecule has 0 spiro atoms. The molecule has 1 aliphatic heterocycles. The topological polar surface area (TPSA) is 32.3 Å². The first-order valence-corrected chi connectivity index (χ1v) is 8.83. The molecule has 1 saturated carbocycles. The van der Waals surface area contributed by atoms with Crippen LogP contribution in [0.1, 0.15) is 71.1 Å². The summed E-state index contributed by atoms with van der Waals surface area (Å²) in [5, 5.41) is 3.54. The third-order valence-corrected chi connectivity index (χ3v) is 4.90. The molecule has 2 fully saturated rings. The Morgan fingerprint density at radius 2 is 1.85 bits per heavy atom. The molecule has 20 heavy (non-hydrogen) atoms. The van der Waals surface area contributed by atoms with Crippen molar-refractivity contribution < 1.29 is 4.79 Å². The molecule has 3 heteroatoms. The van der Waals surface area contributed by atoms with Crippen molar-refractivity contribution in [3.05, 3.63) is 0 Å². The molecule has 116 valence electrons. The number of hydrogen-bond donors (Lipinski definition) is 1. The molecular weight excluding hydrogens is 248 g/mol. The van der Waals surface area contributed by atoms with E-state index < -0.39 is 0 Å². The monoisotopic (exact) mass is 280 g/mol. The first-order valence-electron chi connectivity index (χ1n) is 8.83. The van der Waals surface area contributed by atoms with Crippen LogP contribution >= 0.6 is 0 Å². The lowest BCUT2D eigenvalue weighted by molar-refractivity contribution is -0.136. The Kier molecular flexibility index (Phi) is 6.85. The summed E-state index contributed by atoms with van der Waals surface area (Å²) >= 11 is 0. The summed E-state index contributed by atoms with van der Waals surface area (Å²) in [6.45, 7) is 5.24. The third kappa shape index (κ3) is 4.76. The van der Waals surface area contributed by atoms with E-state index in [1.54, 1.807) is 0 Å². The summed E-state index contributed by atoms with van der Waals surface area (Å²) in [4.78, 5) is 15.0. The summed E-state index contributed by atoms with van der Waals surface area (Å²) in [6.07, 6.45) is 12.2. The molecule has 2 rings (SSSR count). The fourth-order valence-electron chi connectivity index (χ4n) is 3.60. The number of nitrogens with zero attached hydrogens (tertiary/aromatic N) is 1. The van der Waals surface area contributed by atoms with Gasteiger partial charge in [-0.05, 0) is 38.6 Å². The third-order valence-electron chi connectivity index (χ3n) is 4.90. The standard InChI is InChI=1S/C17H32N2O/c1-2-3-13-19(14-16-11-8-12-18-16)17(20)15-9-6-4-5-7-10-15/h15-16,18H,2-14H2,1H3. The molecule has 1 N–H and O–H groups in total. The lowest BCUT2D eigenvalue weighted by Crippen LogP contribution is -2.44. The van der Waals surface area contributed by atoms with E-state index >= 15 is 0 Å². The van der Waals surface area contributed by atoms with Crippen molar-refractivity contribution in [1.82, 2.24) is 10.2 Å². The zero-order chi connectivity index (χ0) is 14.2. The van der Waals surface area contributed by atoms with Gasteiger partial charge in [-0.3, -0.25) is 4.79 Å². The predicted octanol–water partition coefficient (Wildman–Crippen LogP) is 3.34. The normalized spacial score (nSPS) is 24.6. The van der Waals surface area contributed by atoms with E-state index in [9.17, 15) is 4.79 Å². The van der Waals surface area contributed by atoms with E-state index in [0.29, 0.717) is 17.9 Å². The molecule has 1 atom stereocenters. The van der Waals surface area contributed by atoms with E-state index in [4.69, 9.17) is 0 Å². The molecule has 1 heterocycles. The maximum atomic E-state index is 12.8. The van der Waals surface area contributed by atoms with Gasteiger partial charge in [0, 0.05) is 25.0 Å². The highest BCUT2D eigenvalue weighted by molar-refractivity contribution is 5.78. The van der Waals surface area contributed by atoms with Gasteiger partial charge in [0.05, 0.1) is 0 Å². The number of rotatable bonds is 6. The molecule has 1 saturated heterocycles. The van der Waals surface area contributed by atoms with Crippen molar-refractivity contribution in [3.8, 4) is 0 Å². The number of nitrogens with one attached hydrogen (secondary N) is 1. The molecule has 0 aromatic carbocycles. The van der Waals surface area contributed by atoms with E-state index in [-0.39, 0.29) is 0 Å². The minimum Gasteiger partial charge on any atom is -0.341 e. The second kappa shape index (κ2) is 8.66. The summed E-state index contributed by atoms with van der Waals surface area (Å²) in [7, 11) is 0. The van der Waals surface area contributed by atoms with Gasteiger partial charge in [0.2, 0.25) is 5.91 Å². The smallest absolute Gasteiger partial charge is 0.225 e. The fourth-order valence-corrected chi connectivity index (χ4v) is 3.60. The molecule has 0 aromatic heterocycles. The Labute approximate surface area is 124 Å². The Morgan fingerprint density at radius 3 is 2.45 bits per heavy atom. The molecule has 2 aliphatic rings. The Bertz CT molecular complexity index is 279. The minimum atomic E-state index is 0.316. The van der Waals surface area contributed by atoms with E-state index in [1.807, 2.05) is 0 Å². The van der Waals surface area contributed by atoms with Gasteiger partial charge in [-0.1, -0.05) is 39.0 Å². The average molecular weight is 280 g/mol. The van der Waals surface area contributed by atoms with Gasteiger partial charge in [-0.25, -0.2) is 0 Å². The molecular formula is C17H32N2O. The minimum absolute atomic E-state index is 0.316. The number of unbranched alkanes of at least 4 members (excludes halogenated alkanes) is 1. The van der Waals surface area contributed by atoms with Gasteiger partial charge in [0.1, 0.15) is 0 Å². The largest absolute Gasteiger partial charge is 0.341 e. The van der Waals surface area contributed by atoms with Crippen molar-refractivity contribution in [2.24, 2.45) is 5.92 Å². The summed E-state index contributed by atoms with van der Waals surface area (Å²) in [5.74, 6) is 0.768. The van der Waals surface area contributed by atoms with E-state index in [0.717, 1.165) is 38.9 Å². The fraction of sp³-hybridized carbons (Fsp3) is 0.941. The quantitative estimate of drug-likeness (QED) is 0.757. The van der Waals surface area contributed by atoms with E-state index in [1.165, 1.54) is 44.9 Å². The van der Waals surface area contributed by atoms with Gasteiger partial charge in [-0.2, -0.15) is 0 Å². The van der Waals surface area contributed by atoms with Crippen molar-refractivity contribution in [1.29, 1.82) is 0 Å². The van der Waals surface area contributed by atoms with Crippen LogP contribution in [-0.2, 0) is 4.79 Å². The van der Waals surface area contributed by atoms with Crippen molar-refractivity contribution in [3.63, 3.8) is 0 Å². The number of amides is 1. The lowest BCUT2D eigenvalue weighted by Gasteiger charge is -2.29. The van der Waals surface area contributed by atoms with Crippen LogP contribution in [0.25, 0.3) is 0 Å². The van der Waals surface area contributed by atoms with Crippen LogP contribution < -0.4 is 5.32 Å². The molecule has 1 amide bonds. The summed E-state index contributed by atoms with van der Waals surface area (Å²) in [6, 6.07) is 0.543. The maximum Gasteiger partial charge on any atom is 0.225 e. The second-order valence-corrected chi connectivity index (χ2v) is 6.62. The molecule has 0 aromatic rings. The van der Waals surface area contributed by atoms with Crippen LogP contribution in [0.15, 0.2) is 0 Å². The Morgan fingerprint density at radius 1 is 1.10 bits per heavy atom. The zero-order valence-corrected chi connectivity index (χ0v) is 13.2. The predicted molar refractivity (Wildman–Crippen MR) is 83.7 cm³/mol. The van der Waals surface area contributed by atoms with Crippen molar-refractivity contribution in [2.45, 2.75) is 77.2 Å². The highest BCUT2D eigenvalue weighted by Gasteiger charge is 2.27. The molecule has 0 bridgehead atoms. The number of carbonyl (C=O) groups excluding carboxylic acids is 1. The van der Waals surface area contributed by atoms with E-state index in [2.05, 4.69) is 17.1 Å². The lowest BCUT2D eigenvalue weighted by atomic mass is 9.98.